The summed E-state index contributed by atoms with van der Waals surface area (Å²) in [5, 5.41) is 2.58. The fourth-order valence-electron chi connectivity index (χ4n) is 1.15. The van der Waals surface area contributed by atoms with Crippen LogP contribution in [0.25, 0.3) is 0 Å². The van der Waals surface area contributed by atoms with Crippen LogP contribution in [0.1, 0.15) is 17.8 Å². The van der Waals surface area contributed by atoms with Gasteiger partial charge < -0.3 is 0 Å². The molecule has 0 amide bonds. The summed E-state index contributed by atoms with van der Waals surface area (Å²) < 4.78 is 35.8. The van der Waals surface area contributed by atoms with Crippen molar-refractivity contribution >= 4 is 11.3 Å². The van der Waals surface area contributed by atoms with Gasteiger partial charge in [0.1, 0.15) is 0 Å². The molecule has 0 saturated heterocycles. The zero-order valence-corrected chi connectivity index (χ0v) is 8.74. The van der Waals surface area contributed by atoms with Crippen molar-refractivity contribution in [1.82, 2.24) is 10.4 Å². The molecule has 86 valence electrons. The molecule has 0 radical (unpaired) electrons. The fraction of sp³-hybridized carbons (Fsp3) is 0.625. The van der Waals surface area contributed by atoms with E-state index in [-0.39, 0.29) is 12.5 Å². The van der Waals surface area contributed by atoms with Crippen LogP contribution in [-0.4, -0.2) is 17.2 Å². The van der Waals surface area contributed by atoms with E-state index in [0.717, 1.165) is 5.01 Å². The van der Waals surface area contributed by atoms with Gasteiger partial charge in [-0.25, -0.2) is 4.98 Å². The van der Waals surface area contributed by atoms with Gasteiger partial charge in [-0.05, 0) is 6.42 Å². The first-order valence-corrected chi connectivity index (χ1v) is 5.30. The fourth-order valence-corrected chi connectivity index (χ4v) is 1.84. The Kier molecular flexibility index (Phi) is 4.49. The van der Waals surface area contributed by atoms with Crippen molar-refractivity contribution in [3.8, 4) is 0 Å². The Morgan fingerprint density at radius 2 is 2.27 bits per heavy atom. The number of nitrogens with two attached hydrogens (primary N) is 1. The predicted molar refractivity (Wildman–Crippen MR) is 52.2 cm³/mol. The second-order valence-corrected chi connectivity index (χ2v) is 4.13. The Morgan fingerprint density at radius 1 is 1.53 bits per heavy atom. The Hall–Kier alpha value is -0.660. The van der Waals surface area contributed by atoms with Crippen LogP contribution in [0.5, 0.6) is 0 Å². The van der Waals surface area contributed by atoms with E-state index in [1.807, 2.05) is 0 Å². The van der Waals surface area contributed by atoms with E-state index >= 15 is 0 Å². The minimum Gasteiger partial charge on any atom is -0.271 e. The summed E-state index contributed by atoms with van der Waals surface area (Å²) in [5.41, 5.74) is 2.38. The highest BCUT2D eigenvalue weighted by Crippen LogP contribution is 2.23. The Labute approximate surface area is 89.5 Å². The number of hydrogen-bond donors (Lipinski definition) is 2. The number of nitrogens with one attached hydrogen (secondary N) is 1. The summed E-state index contributed by atoms with van der Waals surface area (Å²) >= 11 is 1.41. The molecule has 1 unspecified atom stereocenters. The van der Waals surface area contributed by atoms with Gasteiger partial charge in [-0.1, -0.05) is 0 Å². The van der Waals surface area contributed by atoms with Gasteiger partial charge in [0.15, 0.2) is 0 Å². The third kappa shape index (κ3) is 5.10. The maximum Gasteiger partial charge on any atom is 0.389 e. The zero-order valence-electron chi connectivity index (χ0n) is 7.92. The van der Waals surface area contributed by atoms with Crippen LogP contribution in [-0.2, 0) is 6.42 Å². The lowest BCUT2D eigenvalue weighted by atomic mass is 10.1. The number of thiazole rings is 1. The standard InChI is InChI=1S/C8H12F3N3S/c9-8(10,11)2-1-6(14-12)5-7-13-3-4-15-7/h3-4,6,14H,1-2,5,12H2. The minimum absolute atomic E-state index is 0.0282. The molecule has 0 saturated carbocycles. The number of rotatable bonds is 5. The van der Waals surface area contributed by atoms with Gasteiger partial charge in [0.25, 0.3) is 0 Å². The van der Waals surface area contributed by atoms with Gasteiger partial charge in [0.05, 0.1) is 5.01 Å². The van der Waals surface area contributed by atoms with Gasteiger partial charge in [0.2, 0.25) is 0 Å². The van der Waals surface area contributed by atoms with E-state index < -0.39 is 12.6 Å². The van der Waals surface area contributed by atoms with Crippen molar-refractivity contribution in [3.63, 3.8) is 0 Å². The highest BCUT2D eigenvalue weighted by molar-refractivity contribution is 7.09. The SMILES string of the molecule is NNC(CCC(F)(F)F)Cc1nccs1. The van der Waals surface area contributed by atoms with E-state index in [0.29, 0.717) is 6.42 Å². The topological polar surface area (TPSA) is 50.9 Å². The lowest BCUT2D eigenvalue weighted by Gasteiger charge is -2.15. The van der Waals surface area contributed by atoms with Crippen LogP contribution in [0, 0.1) is 0 Å². The predicted octanol–water partition coefficient (Wildman–Crippen LogP) is 1.86. The van der Waals surface area contributed by atoms with Gasteiger partial charge in [-0.15, -0.1) is 11.3 Å². The van der Waals surface area contributed by atoms with Crippen molar-refractivity contribution in [2.75, 3.05) is 0 Å². The molecule has 1 atom stereocenters. The van der Waals surface area contributed by atoms with Crippen LogP contribution in [0.15, 0.2) is 11.6 Å². The van der Waals surface area contributed by atoms with E-state index in [1.54, 1.807) is 11.6 Å². The lowest BCUT2D eigenvalue weighted by Crippen LogP contribution is -2.37. The van der Waals surface area contributed by atoms with Crippen molar-refractivity contribution in [2.45, 2.75) is 31.5 Å². The first-order valence-electron chi connectivity index (χ1n) is 4.42. The van der Waals surface area contributed by atoms with Crippen LogP contribution < -0.4 is 11.3 Å². The molecule has 1 rings (SSSR count). The van der Waals surface area contributed by atoms with Crippen molar-refractivity contribution < 1.29 is 13.2 Å². The maximum atomic E-state index is 11.9. The van der Waals surface area contributed by atoms with Gasteiger partial charge >= 0.3 is 6.18 Å². The minimum atomic E-state index is -4.13. The van der Waals surface area contributed by atoms with Crippen LogP contribution in [0.2, 0.25) is 0 Å². The molecule has 0 aliphatic rings. The van der Waals surface area contributed by atoms with Crippen LogP contribution >= 0.6 is 11.3 Å². The normalized spacial score (nSPS) is 14.1. The quantitative estimate of drug-likeness (QED) is 0.609. The summed E-state index contributed by atoms with van der Waals surface area (Å²) in [6.07, 6.45) is -2.92. The monoisotopic (exact) mass is 239 g/mol. The molecule has 0 bridgehead atoms. The Bertz CT molecular complexity index is 273. The van der Waals surface area contributed by atoms with E-state index in [2.05, 4.69) is 10.4 Å². The molecule has 1 heterocycles. The summed E-state index contributed by atoms with van der Waals surface area (Å²) in [6.45, 7) is 0. The third-order valence-corrected chi connectivity index (χ3v) is 2.72. The second kappa shape index (κ2) is 5.43. The van der Waals surface area contributed by atoms with Crippen molar-refractivity contribution in [2.24, 2.45) is 5.84 Å². The molecular weight excluding hydrogens is 227 g/mol. The summed E-state index contributed by atoms with van der Waals surface area (Å²) in [6, 6.07) is -0.377. The highest BCUT2D eigenvalue weighted by atomic mass is 32.1. The molecule has 1 aromatic heterocycles. The first-order chi connectivity index (χ1) is 7.01. The molecule has 3 N–H and O–H groups in total. The summed E-state index contributed by atoms with van der Waals surface area (Å²) in [7, 11) is 0. The number of halogens is 3. The van der Waals surface area contributed by atoms with Crippen LogP contribution in [0.3, 0.4) is 0 Å². The van der Waals surface area contributed by atoms with Crippen LogP contribution in [0.4, 0.5) is 13.2 Å². The average Bonchev–Trinajstić information content (AvgIpc) is 2.63. The molecule has 0 spiro atoms. The molecular formula is C8H12F3N3S. The highest BCUT2D eigenvalue weighted by Gasteiger charge is 2.28. The molecule has 1 aromatic rings. The zero-order chi connectivity index (χ0) is 11.3. The second-order valence-electron chi connectivity index (χ2n) is 3.15. The first kappa shape index (κ1) is 12.4. The molecule has 0 fully saturated rings. The smallest absolute Gasteiger partial charge is 0.271 e. The van der Waals surface area contributed by atoms with Crippen molar-refractivity contribution in [1.29, 1.82) is 0 Å². The lowest BCUT2D eigenvalue weighted by molar-refractivity contribution is -0.136. The summed E-state index contributed by atoms with van der Waals surface area (Å²) in [4.78, 5) is 3.99. The number of hydrogen-bond acceptors (Lipinski definition) is 4. The van der Waals surface area contributed by atoms with E-state index in [1.165, 1.54) is 11.3 Å². The third-order valence-electron chi connectivity index (χ3n) is 1.92. The Balaban J connectivity index is 2.36. The van der Waals surface area contributed by atoms with Gasteiger partial charge in [0, 0.05) is 30.5 Å². The average molecular weight is 239 g/mol. The number of alkyl halides is 3. The van der Waals surface area contributed by atoms with E-state index in [4.69, 9.17) is 5.84 Å². The Morgan fingerprint density at radius 3 is 2.73 bits per heavy atom. The number of nitrogens with zero attached hydrogens (tertiary/aromatic N) is 1. The molecule has 0 aliphatic carbocycles. The number of hydrazine groups is 1. The maximum absolute atomic E-state index is 11.9. The molecule has 15 heavy (non-hydrogen) atoms. The molecule has 0 aromatic carbocycles. The summed E-state index contributed by atoms with van der Waals surface area (Å²) in [5.74, 6) is 5.18. The van der Waals surface area contributed by atoms with Crippen molar-refractivity contribution in [3.05, 3.63) is 16.6 Å². The van der Waals surface area contributed by atoms with Gasteiger partial charge in [-0.3, -0.25) is 11.3 Å². The largest absolute Gasteiger partial charge is 0.389 e. The van der Waals surface area contributed by atoms with E-state index in [9.17, 15) is 13.2 Å². The molecule has 3 nitrogen and oxygen atoms in total. The molecule has 0 aliphatic heterocycles. The van der Waals surface area contributed by atoms with Gasteiger partial charge in [-0.2, -0.15) is 13.2 Å². The molecule has 7 heteroatoms. The number of aromatic nitrogens is 1.